The van der Waals surface area contributed by atoms with Crippen LogP contribution >= 0.6 is 11.3 Å². The molecule has 0 aliphatic heterocycles. The summed E-state index contributed by atoms with van der Waals surface area (Å²) in [7, 11) is 2.97. The number of nitrogens with zero attached hydrogens (tertiary/aromatic N) is 2. The van der Waals surface area contributed by atoms with Crippen molar-refractivity contribution in [3.8, 4) is 16.2 Å². The maximum absolute atomic E-state index is 12.9. The van der Waals surface area contributed by atoms with E-state index in [1.54, 1.807) is 42.3 Å². The summed E-state index contributed by atoms with van der Waals surface area (Å²) in [6.07, 6.45) is 1.56. The lowest BCUT2D eigenvalue weighted by molar-refractivity contribution is 0.0600. The van der Waals surface area contributed by atoms with Crippen molar-refractivity contribution < 1.29 is 14.3 Å². The van der Waals surface area contributed by atoms with E-state index < -0.39 is 0 Å². The van der Waals surface area contributed by atoms with E-state index in [1.165, 1.54) is 18.4 Å². The molecule has 2 aromatic heterocycles. The van der Waals surface area contributed by atoms with Crippen molar-refractivity contribution in [1.82, 2.24) is 9.55 Å². The lowest BCUT2D eigenvalue weighted by Gasteiger charge is -2.06. The van der Waals surface area contributed by atoms with E-state index >= 15 is 0 Å². The smallest absolute Gasteiger partial charge is 0.337 e. The molecule has 2 aromatic carbocycles. The third-order valence-electron chi connectivity index (χ3n) is 4.61. The molecule has 0 bridgehead atoms. The number of rotatable bonds is 5. The maximum atomic E-state index is 12.9. The van der Waals surface area contributed by atoms with E-state index in [-0.39, 0.29) is 11.5 Å². The van der Waals surface area contributed by atoms with E-state index in [0.717, 1.165) is 21.8 Å². The van der Waals surface area contributed by atoms with E-state index in [9.17, 15) is 9.59 Å². The Morgan fingerprint density at radius 2 is 1.79 bits per heavy atom. The van der Waals surface area contributed by atoms with Crippen LogP contribution in [0.15, 0.2) is 65.7 Å². The minimum absolute atomic E-state index is 0.0863. The van der Waals surface area contributed by atoms with Crippen LogP contribution in [0.3, 0.4) is 0 Å². The Bertz CT molecular complexity index is 1220. The van der Waals surface area contributed by atoms with Crippen molar-refractivity contribution in [3.63, 3.8) is 0 Å². The Labute approximate surface area is 171 Å². The number of esters is 1. The fourth-order valence-electron chi connectivity index (χ4n) is 3.02. The van der Waals surface area contributed by atoms with Gasteiger partial charge in [0.2, 0.25) is 0 Å². The molecular weight excluding hydrogens is 388 g/mol. The molecule has 0 atom stereocenters. The fourth-order valence-corrected chi connectivity index (χ4v) is 4.08. The zero-order valence-electron chi connectivity index (χ0n) is 15.9. The summed E-state index contributed by atoms with van der Waals surface area (Å²) in [5, 5.41) is 0. The first-order chi connectivity index (χ1) is 14.1. The number of thiophene rings is 1. The van der Waals surface area contributed by atoms with Crippen LogP contribution in [0.5, 0.6) is 5.75 Å². The number of hydrogen-bond donors (Lipinski definition) is 0. The van der Waals surface area contributed by atoms with E-state index in [4.69, 9.17) is 9.47 Å². The first-order valence-corrected chi connectivity index (χ1v) is 9.71. The van der Waals surface area contributed by atoms with Crippen LogP contribution in [0.1, 0.15) is 15.9 Å². The standard InChI is InChI=1S/C22H18N2O4S/c1-27-17-9-7-15(8-10-17)19-11-18-20(29-19)21(25)24(13-23-18)12-14-3-5-16(6-4-14)22(26)28-2/h3-11,13H,12H2,1-2H3. The molecule has 4 rings (SSSR count). The fraction of sp³-hybridized carbons (Fsp3) is 0.136. The van der Waals surface area contributed by atoms with Gasteiger partial charge in [0.25, 0.3) is 5.56 Å². The summed E-state index contributed by atoms with van der Waals surface area (Å²) in [4.78, 5) is 29.9. The number of aromatic nitrogens is 2. The monoisotopic (exact) mass is 406 g/mol. The minimum Gasteiger partial charge on any atom is -0.497 e. The number of carbonyl (C=O) groups is 1. The van der Waals surface area contributed by atoms with Gasteiger partial charge in [0.05, 0.1) is 38.2 Å². The van der Waals surface area contributed by atoms with Gasteiger partial charge >= 0.3 is 5.97 Å². The largest absolute Gasteiger partial charge is 0.497 e. The predicted molar refractivity (Wildman–Crippen MR) is 113 cm³/mol. The zero-order chi connectivity index (χ0) is 20.4. The molecule has 2 heterocycles. The normalized spacial score (nSPS) is 10.8. The third-order valence-corrected chi connectivity index (χ3v) is 5.77. The molecule has 146 valence electrons. The van der Waals surface area contributed by atoms with Crippen LogP contribution in [-0.2, 0) is 11.3 Å². The van der Waals surface area contributed by atoms with Crippen molar-refractivity contribution >= 4 is 27.5 Å². The molecule has 0 amide bonds. The number of fused-ring (bicyclic) bond motifs is 1. The van der Waals surface area contributed by atoms with E-state index in [2.05, 4.69) is 4.98 Å². The van der Waals surface area contributed by atoms with Gasteiger partial charge in [0.1, 0.15) is 10.4 Å². The predicted octanol–water partition coefficient (Wildman–Crippen LogP) is 3.97. The zero-order valence-corrected chi connectivity index (χ0v) is 16.7. The van der Waals surface area contributed by atoms with Gasteiger partial charge in [-0.15, -0.1) is 11.3 Å². The lowest BCUT2D eigenvalue weighted by Crippen LogP contribution is -2.20. The maximum Gasteiger partial charge on any atom is 0.337 e. The average Bonchev–Trinajstić information content (AvgIpc) is 3.21. The van der Waals surface area contributed by atoms with Crippen molar-refractivity contribution in [1.29, 1.82) is 0 Å². The summed E-state index contributed by atoms with van der Waals surface area (Å²) in [6, 6.07) is 16.6. The van der Waals surface area contributed by atoms with Gasteiger partial charge in [-0.1, -0.05) is 12.1 Å². The highest BCUT2D eigenvalue weighted by molar-refractivity contribution is 7.22. The Morgan fingerprint density at radius 3 is 2.45 bits per heavy atom. The van der Waals surface area contributed by atoms with E-state index in [1.807, 2.05) is 30.3 Å². The SMILES string of the molecule is COC(=O)c1ccc(Cn2cnc3cc(-c4ccc(OC)cc4)sc3c2=O)cc1. The molecule has 0 aliphatic carbocycles. The molecule has 7 heteroatoms. The second-order valence-electron chi connectivity index (χ2n) is 6.42. The third kappa shape index (κ3) is 3.77. The number of hydrogen-bond acceptors (Lipinski definition) is 6. The van der Waals surface area contributed by atoms with Gasteiger partial charge < -0.3 is 9.47 Å². The molecule has 0 spiro atoms. The summed E-state index contributed by atoms with van der Waals surface area (Å²) >= 11 is 1.43. The van der Waals surface area contributed by atoms with Crippen LogP contribution in [0.25, 0.3) is 20.7 Å². The highest BCUT2D eigenvalue weighted by Gasteiger charge is 2.11. The van der Waals surface area contributed by atoms with Gasteiger partial charge in [-0.05, 0) is 53.6 Å². The van der Waals surface area contributed by atoms with Gasteiger partial charge in [0, 0.05) is 4.88 Å². The average molecular weight is 406 g/mol. The molecular formula is C22H18N2O4S. The number of ether oxygens (including phenoxy) is 2. The first-order valence-electron chi connectivity index (χ1n) is 8.89. The van der Waals surface area contributed by atoms with E-state index in [0.29, 0.717) is 22.3 Å². The molecule has 0 aliphatic rings. The second kappa shape index (κ2) is 7.89. The van der Waals surface area contributed by atoms with Crippen LogP contribution in [0.4, 0.5) is 0 Å². The molecule has 4 aromatic rings. The van der Waals surface area contributed by atoms with Crippen molar-refractivity contribution in [2.45, 2.75) is 6.54 Å². The van der Waals surface area contributed by atoms with Crippen molar-refractivity contribution in [2.75, 3.05) is 14.2 Å². The first kappa shape index (κ1) is 18.9. The topological polar surface area (TPSA) is 70.4 Å². The Hall–Kier alpha value is -3.45. The number of carbonyl (C=O) groups excluding carboxylic acids is 1. The van der Waals surface area contributed by atoms with Crippen molar-refractivity contribution in [3.05, 3.63) is 82.4 Å². The summed E-state index contributed by atoms with van der Waals surface area (Å²) in [5.74, 6) is 0.398. The number of methoxy groups -OCH3 is 2. The summed E-state index contributed by atoms with van der Waals surface area (Å²) < 4.78 is 12.1. The quantitative estimate of drug-likeness (QED) is 0.469. The highest BCUT2D eigenvalue weighted by atomic mass is 32.1. The van der Waals surface area contributed by atoms with Gasteiger partial charge in [-0.2, -0.15) is 0 Å². The Morgan fingerprint density at radius 1 is 1.07 bits per heavy atom. The summed E-state index contributed by atoms with van der Waals surface area (Å²) in [5.41, 5.74) is 2.98. The van der Waals surface area contributed by atoms with Crippen LogP contribution in [0.2, 0.25) is 0 Å². The van der Waals surface area contributed by atoms with Crippen LogP contribution in [-0.4, -0.2) is 29.7 Å². The van der Waals surface area contributed by atoms with Crippen LogP contribution < -0.4 is 10.3 Å². The minimum atomic E-state index is -0.388. The molecule has 0 fully saturated rings. The van der Waals surface area contributed by atoms with Gasteiger partial charge in [0.15, 0.2) is 0 Å². The molecule has 0 N–H and O–H groups in total. The highest BCUT2D eigenvalue weighted by Crippen LogP contribution is 2.31. The molecule has 29 heavy (non-hydrogen) atoms. The lowest BCUT2D eigenvalue weighted by atomic mass is 10.1. The van der Waals surface area contributed by atoms with Crippen molar-refractivity contribution in [2.24, 2.45) is 0 Å². The second-order valence-corrected chi connectivity index (χ2v) is 7.47. The molecule has 0 radical (unpaired) electrons. The Kier molecular flexibility index (Phi) is 5.14. The molecule has 0 saturated heterocycles. The van der Waals surface area contributed by atoms with Crippen LogP contribution in [0, 0.1) is 0 Å². The molecule has 0 saturated carbocycles. The molecule has 0 unspecified atom stereocenters. The van der Waals surface area contributed by atoms with Gasteiger partial charge in [-0.25, -0.2) is 9.78 Å². The molecule has 6 nitrogen and oxygen atoms in total. The summed E-state index contributed by atoms with van der Waals surface area (Å²) in [6.45, 7) is 0.374. The number of benzene rings is 2. The van der Waals surface area contributed by atoms with Gasteiger partial charge in [-0.3, -0.25) is 9.36 Å². The Balaban J connectivity index is 1.63.